The zero-order valence-electron chi connectivity index (χ0n) is 15.3. The fourth-order valence-electron chi connectivity index (χ4n) is 2.98. The highest BCUT2D eigenvalue weighted by Crippen LogP contribution is 2.34. The minimum Gasteiger partial charge on any atom is -0.490 e. The van der Waals surface area contributed by atoms with Crippen LogP contribution in [0.3, 0.4) is 0 Å². The Bertz CT molecular complexity index is 713. The normalized spacial score (nSPS) is 14.7. The smallest absolute Gasteiger partial charge is 0.234 e. The van der Waals surface area contributed by atoms with Gasteiger partial charge >= 0.3 is 0 Å². The van der Waals surface area contributed by atoms with Crippen LogP contribution in [0.25, 0.3) is 0 Å². The molecule has 2 N–H and O–H groups in total. The van der Waals surface area contributed by atoms with E-state index < -0.39 is 0 Å². The Morgan fingerprint density at radius 1 is 1.15 bits per heavy atom. The summed E-state index contributed by atoms with van der Waals surface area (Å²) in [5, 5.41) is 6.20. The molecule has 140 valence electrons. The summed E-state index contributed by atoms with van der Waals surface area (Å²) in [6.45, 7) is 6.21. The Balaban J connectivity index is 1.60. The third-order valence-electron chi connectivity index (χ3n) is 4.32. The van der Waals surface area contributed by atoms with Crippen LogP contribution in [0, 0.1) is 5.92 Å². The van der Waals surface area contributed by atoms with Crippen LogP contribution >= 0.6 is 0 Å². The van der Waals surface area contributed by atoms with Gasteiger partial charge in [0.1, 0.15) is 5.76 Å². The first-order valence-electron chi connectivity index (χ1n) is 9.05. The van der Waals surface area contributed by atoms with Gasteiger partial charge in [-0.2, -0.15) is 0 Å². The van der Waals surface area contributed by atoms with Crippen LogP contribution in [0.15, 0.2) is 41.0 Å². The highest BCUT2D eigenvalue weighted by molar-refractivity contribution is 5.78. The van der Waals surface area contributed by atoms with Crippen molar-refractivity contribution >= 4 is 5.91 Å². The molecule has 26 heavy (non-hydrogen) atoms. The molecule has 1 unspecified atom stereocenters. The van der Waals surface area contributed by atoms with Gasteiger partial charge in [0, 0.05) is 12.5 Å². The van der Waals surface area contributed by atoms with Crippen molar-refractivity contribution in [2.75, 3.05) is 19.8 Å². The Morgan fingerprint density at radius 2 is 1.96 bits per heavy atom. The first-order chi connectivity index (χ1) is 12.6. The Morgan fingerprint density at radius 3 is 2.69 bits per heavy atom. The van der Waals surface area contributed by atoms with Gasteiger partial charge in [-0.15, -0.1) is 0 Å². The number of nitrogens with one attached hydrogen (secondary N) is 2. The van der Waals surface area contributed by atoms with E-state index in [-0.39, 0.29) is 18.5 Å². The summed E-state index contributed by atoms with van der Waals surface area (Å²) in [7, 11) is 0. The second-order valence-corrected chi connectivity index (χ2v) is 6.72. The van der Waals surface area contributed by atoms with Gasteiger partial charge in [0.25, 0.3) is 0 Å². The molecule has 2 heterocycles. The van der Waals surface area contributed by atoms with Crippen LogP contribution in [-0.4, -0.2) is 25.7 Å². The largest absolute Gasteiger partial charge is 0.490 e. The molecule has 1 aromatic heterocycles. The molecule has 1 atom stereocenters. The van der Waals surface area contributed by atoms with Gasteiger partial charge in [0.2, 0.25) is 5.91 Å². The lowest BCUT2D eigenvalue weighted by Gasteiger charge is -2.23. The number of amides is 1. The minimum absolute atomic E-state index is 0.0431. The van der Waals surface area contributed by atoms with E-state index in [4.69, 9.17) is 13.9 Å². The topological polar surface area (TPSA) is 72.7 Å². The summed E-state index contributed by atoms with van der Waals surface area (Å²) in [5.74, 6) is 2.54. The fraction of sp³-hybridized carbons (Fsp3) is 0.450. The molecule has 0 saturated carbocycles. The summed E-state index contributed by atoms with van der Waals surface area (Å²) in [5.41, 5.74) is 1.09. The Hall–Kier alpha value is -2.47. The lowest BCUT2D eigenvalue weighted by Crippen LogP contribution is -2.37. The maximum atomic E-state index is 12.1. The molecule has 0 aliphatic carbocycles. The van der Waals surface area contributed by atoms with Gasteiger partial charge in [0.15, 0.2) is 11.5 Å². The maximum absolute atomic E-state index is 12.1. The van der Waals surface area contributed by atoms with Crippen LogP contribution in [0.4, 0.5) is 0 Å². The molecule has 1 amide bonds. The third kappa shape index (κ3) is 4.79. The molecule has 6 nitrogen and oxygen atoms in total. The van der Waals surface area contributed by atoms with E-state index in [1.54, 1.807) is 12.3 Å². The number of rotatable bonds is 7. The first kappa shape index (κ1) is 18.3. The second kappa shape index (κ2) is 8.76. The number of fused-ring (bicyclic) bond motifs is 1. The van der Waals surface area contributed by atoms with Crippen molar-refractivity contribution in [2.45, 2.75) is 32.9 Å². The maximum Gasteiger partial charge on any atom is 0.234 e. The van der Waals surface area contributed by atoms with E-state index in [2.05, 4.69) is 24.5 Å². The summed E-state index contributed by atoms with van der Waals surface area (Å²) in [4.78, 5) is 12.1. The molecular formula is C20H26N2O4. The molecular weight excluding hydrogens is 332 g/mol. The van der Waals surface area contributed by atoms with Gasteiger partial charge in [-0.05, 0) is 35.7 Å². The van der Waals surface area contributed by atoms with Gasteiger partial charge in [-0.3, -0.25) is 4.79 Å². The van der Waals surface area contributed by atoms with Crippen molar-refractivity contribution in [3.63, 3.8) is 0 Å². The Kier molecular flexibility index (Phi) is 6.17. The highest BCUT2D eigenvalue weighted by Gasteiger charge is 2.19. The zero-order chi connectivity index (χ0) is 18.4. The molecule has 6 heteroatoms. The van der Waals surface area contributed by atoms with Crippen LogP contribution in [0.2, 0.25) is 0 Å². The predicted octanol–water partition coefficient (Wildman–Crippen LogP) is 3.04. The molecule has 0 fully saturated rings. The van der Waals surface area contributed by atoms with Crippen molar-refractivity contribution in [3.8, 4) is 11.5 Å². The van der Waals surface area contributed by atoms with Crippen molar-refractivity contribution in [1.82, 2.24) is 10.6 Å². The summed E-state index contributed by atoms with van der Waals surface area (Å²) in [6.07, 6.45) is 2.48. The standard InChI is InChI=1S/C20H26N2O4/c1-14(2)20(22-13-19(23)21-12-16-5-3-8-24-16)15-6-7-17-18(11-15)26-10-4-9-25-17/h3,5-8,11,14,20,22H,4,9-10,12-13H2,1-2H3,(H,21,23). The summed E-state index contributed by atoms with van der Waals surface area (Å²) < 4.78 is 16.7. The van der Waals surface area contributed by atoms with E-state index in [9.17, 15) is 4.79 Å². The van der Waals surface area contributed by atoms with Gasteiger partial charge in [0.05, 0.1) is 32.6 Å². The molecule has 0 saturated heterocycles. The average molecular weight is 358 g/mol. The molecule has 0 radical (unpaired) electrons. The van der Waals surface area contributed by atoms with Crippen LogP contribution in [-0.2, 0) is 11.3 Å². The van der Waals surface area contributed by atoms with E-state index in [1.807, 2.05) is 24.3 Å². The molecule has 1 aliphatic rings. The molecule has 0 bridgehead atoms. The van der Waals surface area contributed by atoms with Crippen molar-refractivity contribution in [2.24, 2.45) is 5.92 Å². The molecule has 1 aromatic carbocycles. The lowest BCUT2D eigenvalue weighted by atomic mass is 9.95. The lowest BCUT2D eigenvalue weighted by molar-refractivity contribution is -0.120. The molecule has 2 aromatic rings. The quantitative estimate of drug-likeness (QED) is 0.796. The predicted molar refractivity (Wildman–Crippen MR) is 98.2 cm³/mol. The van der Waals surface area contributed by atoms with Crippen molar-refractivity contribution in [3.05, 3.63) is 47.9 Å². The monoisotopic (exact) mass is 358 g/mol. The summed E-state index contributed by atoms with van der Waals surface area (Å²) >= 11 is 0. The Labute approximate surface area is 153 Å². The average Bonchev–Trinajstić information content (AvgIpc) is 3.04. The number of furan rings is 1. The van der Waals surface area contributed by atoms with Crippen LogP contribution in [0.5, 0.6) is 11.5 Å². The van der Waals surface area contributed by atoms with Gasteiger partial charge < -0.3 is 24.5 Å². The van der Waals surface area contributed by atoms with Crippen LogP contribution < -0.4 is 20.1 Å². The van der Waals surface area contributed by atoms with Crippen molar-refractivity contribution < 1.29 is 18.7 Å². The van der Waals surface area contributed by atoms with E-state index >= 15 is 0 Å². The van der Waals surface area contributed by atoms with Gasteiger partial charge in [-0.1, -0.05) is 19.9 Å². The highest BCUT2D eigenvalue weighted by atomic mass is 16.5. The second-order valence-electron chi connectivity index (χ2n) is 6.72. The number of carbonyl (C=O) groups excluding carboxylic acids is 1. The SMILES string of the molecule is CC(C)C(NCC(=O)NCc1ccco1)c1ccc2c(c1)OCCCO2. The number of hydrogen-bond acceptors (Lipinski definition) is 5. The van der Waals surface area contributed by atoms with Crippen molar-refractivity contribution in [1.29, 1.82) is 0 Å². The van der Waals surface area contributed by atoms with E-state index in [0.717, 1.165) is 29.2 Å². The summed E-state index contributed by atoms with van der Waals surface area (Å²) in [6, 6.07) is 9.68. The number of benzene rings is 1. The number of ether oxygens (including phenoxy) is 2. The minimum atomic E-state index is -0.0682. The molecule has 0 spiro atoms. The van der Waals surface area contributed by atoms with E-state index in [0.29, 0.717) is 25.7 Å². The van der Waals surface area contributed by atoms with Crippen LogP contribution in [0.1, 0.15) is 37.6 Å². The number of hydrogen-bond donors (Lipinski definition) is 2. The number of carbonyl (C=O) groups is 1. The molecule has 3 rings (SSSR count). The first-order valence-corrected chi connectivity index (χ1v) is 9.05. The fourth-order valence-corrected chi connectivity index (χ4v) is 2.98. The van der Waals surface area contributed by atoms with Gasteiger partial charge in [-0.25, -0.2) is 0 Å². The third-order valence-corrected chi connectivity index (χ3v) is 4.32. The molecule has 1 aliphatic heterocycles. The zero-order valence-corrected chi connectivity index (χ0v) is 15.3. The van der Waals surface area contributed by atoms with E-state index in [1.165, 1.54) is 0 Å².